The number of amides is 1. The number of hydrogen-bond donors (Lipinski definition) is 0. The highest BCUT2D eigenvalue weighted by atomic mass is 16.5. The van der Waals surface area contributed by atoms with Gasteiger partial charge in [-0.15, -0.1) is 0 Å². The van der Waals surface area contributed by atoms with Gasteiger partial charge in [0.25, 0.3) is 0 Å². The number of nitrogens with zero attached hydrogens (tertiary/aromatic N) is 1. The summed E-state index contributed by atoms with van der Waals surface area (Å²) in [5.41, 5.74) is 2.53. The van der Waals surface area contributed by atoms with Gasteiger partial charge in [0, 0.05) is 19.0 Å². The molecule has 0 aromatic heterocycles. The van der Waals surface area contributed by atoms with E-state index in [9.17, 15) is 4.79 Å². The Kier molecular flexibility index (Phi) is 7.39. The van der Waals surface area contributed by atoms with E-state index in [-0.39, 0.29) is 12.0 Å². The lowest BCUT2D eigenvalue weighted by Gasteiger charge is -2.18. The van der Waals surface area contributed by atoms with Crippen LogP contribution in [-0.4, -0.2) is 44.9 Å². The third-order valence-corrected chi connectivity index (χ3v) is 5.62. The van der Waals surface area contributed by atoms with E-state index in [1.165, 1.54) is 18.2 Å². The molecule has 1 aliphatic rings. The molecule has 0 N–H and O–H groups in total. The van der Waals surface area contributed by atoms with Crippen molar-refractivity contribution in [3.05, 3.63) is 59.7 Å². The summed E-state index contributed by atoms with van der Waals surface area (Å²) < 4.78 is 16.4. The van der Waals surface area contributed by atoms with Gasteiger partial charge in [0.2, 0.25) is 0 Å². The number of methoxy groups -OCH3 is 2. The maximum Gasteiger partial charge on any atom is 0.409 e. The largest absolute Gasteiger partial charge is 0.493 e. The van der Waals surface area contributed by atoms with Crippen molar-refractivity contribution in [2.75, 3.05) is 33.9 Å². The van der Waals surface area contributed by atoms with Crippen molar-refractivity contribution in [1.82, 2.24) is 4.90 Å². The molecular formula is C24H31NO4. The van der Waals surface area contributed by atoms with Crippen LogP contribution in [0.15, 0.2) is 48.5 Å². The van der Waals surface area contributed by atoms with Gasteiger partial charge < -0.3 is 19.1 Å². The van der Waals surface area contributed by atoms with Crippen molar-refractivity contribution < 1.29 is 19.0 Å². The van der Waals surface area contributed by atoms with Crippen LogP contribution in [0.5, 0.6) is 11.5 Å². The summed E-state index contributed by atoms with van der Waals surface area (Å²) in [6.07, 6.45) is 2.87. The first kappa shape index (κ1) is 21.0. The molecule has 5 heteroatoms. The summed E-state index contributed by atoms with van der Waals surface area (Å²) in [4.78, 5) is 13.6. The highest BCUT2D eigenvalue weighted by Crippen LogP contribution is 2.37. The maximum absolute atomic E-state index is 11.9. The molecule has 0 saturated carbocycles. The van der Waals surface area contributed by atoms with Crippen LogP contribution >= 0.6 is 0 Å². The number of carbonyl (C=O) groups is 1. The van der Waals surface area contributed by atoms with Crippen molar-refractivity contribution in [2.45, 2.75) is 32.1 Å². The normalized spacial score (nSPS) is 18.5. The summed E-state index contributed by atoms with van der Waals surface area (Å²) in [7, 11) is 3.09. The molecule has 2 atom stereocenters. The minimum absolute atomic E-state index is 0.261. The molecule has 2 aromatic rings. The monoisotopic (exact) mass is 397 g/mol. The molecule has 1 aliphatic heterocycles. The lowest BCUT2D eigenvalue weighted by molar-refractivity contribution is 0.131. The van der Waals surface area contributed by atoms with Crippen molar-refractivity contribution in [2.24, 2.45) is 5.92 Å². The quantitative estimate of drug-likeness (QED) is 0.595. The molecule has 2 aromatic carbocycles. The van der Waals surface area contributed by atoms with Crippen molar-refractivity contribution in [3.63, 3.8) is 0 Å². The molecule has 3 rings (SSSR count). The number of aryl methyl sites for hydroxylation is 1. The fourth-order valence-corrected chi connectivity index (χ4v) is 3.97. The lowest BCUT2D eigenvalue weighted by Crippen LogP contribution is -2.28. The van der Waals surface area contributed by atoms with E-state index in [4.69, 9.17) is 14.2 Å². The summed E-state index contributed by atoms with van der Waals surface area (Å²) in [5, 5.41) is 0. The molecule has 1 amide bonds. The van der Waals surface area contributed by atoms with Crippen LogP contribution in [0.4, 0.5) is 4.79 Å². The summed E-state index contributed by atoms with van der Waals surface area (Å²) >= 11 is 0. The first-order chi connectivity index (χ1) is 14.1. The van der Waals surface area contributed by atoms with Gasteiger partial charge in [-0.1, -0.05) is 43.3 Å². The molecule has 1 saturated heterocycles. The second-order valence-electron chi connectivity index (χ2n) is 7.66. The van der Waals surface area contributed by atoms with Crippen molar-refractivity contribution in [1.29, 1.82) is 0 Å². The van der Waals surface area contributed by atoms with E-state index in [1.54, 1.807) is 12.0 Å². The number of unbranched alkanes of at least 4 members (excludes halogenated alkanes) is 1. The third kappa shape index (κ3) is 5.43. The van der Waals surface area contributed by atoms with Crippen LogP contribution < -0.4 is 9.47 Å². The average molecular weight is 398 g/mol. The highest BCUT2D eigenvalue weighted by molar-refractivity contribution is 5.68. The second kappa shape index (κ2) is 10.2. The Morgan fingerprint density at radius 1 is 1.03 bits per heavy atom. The predicted molar refractivity (Wildman–Crippen MR) is 114 cm³/mol. The molecule has 0 bridgehead atoms. The predicted octanol–water partition coefficient (Wildman–Crippen LogP) is 4.90. The van der Waals surface area contributed by atoms with Crippen LogP contribution in [-0.2, 0) is 11.2 Å². The first-order valence-corrected chi connectivity index (χ1v) is 10.3. The number of benzene rings is 2. The van der Waals surface area contributed by atoms with Gasteiger partial charge in [-0.05, 0) is 48.4 Å². The van der Waals surface area contributed by atoms with Crippen molar-refractivity contribution >= 4 is 6.09 Å². The fourth-order valence-electron chi connectivity index (χ4n) is 3.97. The Bertz CT molecular complexity index is 793. The molecular weight excluding hydrogens is 366 g/mol. The topological polar surface area (TPSA) is 48.0 Å². The minimum Gasteiger partial charge on any atom is -0.493 e. The number of rotatable bonds is 8. The second-order valence-corrected chi connectivity index (χ2v) is 7.66. The molecule has 5 nitrogen and oxygen atoms in total. The van der Waals surface area contributed by atoms with Gasteiger partial charge in [-0.3, -0.25) is 0 Å². The Balaban J connectivity index is 1.58. The van der Waals surface area contributed by atoms with E-state index in [0.717, 1.165) is 30.8 Å². The molecule has 1 unspecified atom stereocenters. The lowest BCUT2D eigenvalue weighted by atomic mass is 9.90. The van der Waals surface area contributed by atoms with E-state index in [1.807, 2.05) is 12.1 Å². The Morgan fingerprint density at radius 3 is 2.55 bits per heavy atom. The minimum atomic E-state index is -0.261. The number of hydrogen-bond acceptors (Lipinski definition) is 4. The van der Waals surface area contributed by atoms with E-state index >= 15 is 0 Å². The van der Waals surface area contributed by atoms with Crippen LogP contribution in [0.3, 0.4) is 0 Å². The summed E-state index contributed by atoms with van der Waals surface area (Å²) in [6.45, 7) is 4.19. The van der Waals surface area contributed by atoms with Gasteiger partial charge in [0.15, 0.2) is 11.5 Å². The Morgan fingerprint density at radius 2 is 1.83 bits per heavy atom. The standard InChI is InChI=1S/C24H31NO4/c1-18-16-25(24(26)28-3)17-21(18)20-12-13-22(27-2)23(15-20)29-14-8-7-11-19-9-5-4-6-10-19/h4-6,9-10,12-13,15,18,21H,7-8,11,14,16-17H2,1-3H3/t18?,21-/m1/s1. The highest BCUT2D eigenvalue weighted by Gasteiger charge is 2.34. The molecule has 1 fully saturated rings. The van der Waals surface area contributed by atoms with E-state index in [2.05, 4.69) is 43.3 Å². The zero-order chi connectivity index (χ0) is 20.6. The van der Waals surface area contributed by atoms with Gasteiger partial charge >= 0.3 is 6.09 Å². The molecule has 29 heavy (non-hydrogen) atoms. The van der Waals surface area contributed by atoms with Crippen LogP contribution in [0, 0.1) is 5.92 Å². The van der Waals surface area contributed by atoms with Gasteiger partial charge in [0.05, 0.1) is 20.8 Å². The Labute approximate surface area is 173 Å². The Hall–Kier alpha value is -2.69. The van der Waals surface area contributed by atoms with Crippen LogP contribution in [0.2, 0.25) is 0 Å². The van der Waals surface area contributed by atoms with Crippen LogP contribution in [0.25, 0.3) is 0 Å². The average Bonchev–Trinajstić information content (AvgIpc) is 3.15. The molecule has 156 valence electrons. The first-order valence-electron chi connectivity index (χ1n) is 10.3. The van der Waals surface area contributed by atoms with Gasteiger partial charge in [0.1, 0.15) is 0 Å². The molecule has 1 heterocycles. The van der Waals surface area contributed by atoms with Crippen LogP contribution in [0.1, 0.15) is 36.8 Å². The number of carbonyl (C=O) groups excluding carboxylic acids is 1. The SMILES string of the molecule is COC(=O)N1CC(C)[C@H](c2ccc(OC)c(OCCCCc3ccccc3)c2)C1. The number of likely N-dealkylation sites (tertiary alicyclic amines) is 1. The third-order valence-electron chi connectivity index (χ3n) is 5.62. The van der Waals surface area contributed by atoms with E-state index < -0.39 is 0 Å². The summed E-state index contributed by atoms with van der Waals surface area (Å²) in [5.74, 6) is 2.14. The van der Waals surface area contributed by atoms with Gasteiger partial charge in [-0.25, -0.2) is 4.79 Å². The van der Waals surface area contributed by atoms with E-state index in [0.29, 0.717) is 25.6 Å². The van der Waals surface area contributed by atoms with Gasteiger partial charge in [-0.2, -0.15) is 0 Å². The molecule has 0 aliphatic carbocycles. The smallest absolute Gasteiger partial charge is 0.409 e. The maximum atomic E-state index is 11.9. The fraction of sp³-hybridized carbons (Fsp3) is 0.458. The zero-order valence-corrected chi connectivity index (χ0v) is 17.6. The number of ether oxygens (including phenoxy) is 3. The molecule has 0 spiro atoms. The van der Waals surface area contributed by atoms with Crippen molar-refractivity contribution in [3.8, 4) is 11.5 Å². The zero-order valence-electron chi connectivity index (χ0n) is 17.6. The molecule has 0 radical (unpaired) electrons. The summed E-state index contributed by atoms with van der Waals surface area (Å²) in [6, 6.07) is 16.6.